The summed E-state index contributed by atoms with van der Waals surface area (Å²) in [5.74, 6) is 1.47. The van der Waals surface area contributed by atoms with E-state index in [9.17, 15) is 0 Å². The number of rotatable bonds is 2. The van der Waals surface area contributed by atoms with Crippen LogP contribution in [0, 0.1) is 0 Å². The number of alkyl halides is 1. The van der Waals surface area contributed by atoms with E-state index in [0.717, 1.165) is 11.4 Å². The van der Waals surface area contributed by atoms with Gasteiger partial charge < -0.3 is 0 Å². The van der Waals surface area contributed by atoms with Crippen LogP contribution in [-0.2, 0) is 11.3 Å². The van der Waals surface area contributed by atoms with Crippen molar-refractivity contribution in [1.82, 2.24) is 9.97 Å². The van der Waals surface area contributed by atoms with Crippen LogP contribution in [-0.4, -0.2) is 9.97 Å². The van der Waals surface area contributed by atoms with Crippen molar-refractivity contribution in [3.8, 4) is 0 Å². The molecular formula is C9H11ClN2. The van der Waals surface area contributed by atoms with Crippen LogP contribution in [0.15, 0.2) is 12.4 Å². The summed E-state index contributed by atoms with van der Waals surface area (Å²) < 4.78 is 0. The number of hydrogen-bond acceptors (Lipinski definition) is 2. The molecule has 2 nitrogen and oxygen atoms in total. The van der Waals surface area contributed by atoms with E-state index < -0.39 is 0 Å². The Bertz CT molecular complexity index is 277. The molecule has 12 heavy (non-hydrogen) atoms. The van der Waals surface area contributed by atoms with Crippen LogP contribution in [0.25, 0.3) is 0 Å². The highest BCUT2D eigenvalue weighted by atomic mass is 35.5. The molecular weight excluding hydrogens is 172 g/mol. The second-order valence-electron chi connectivity index (χ2n) is 3.61. The van der Waals surface area contributed by atoms with E-state index >= 15 is 0 Å². The van der Waals surface area contributed by atoms with Crippen LogP contribution in [0.5, 0.6) is 0 Å². The molecule has 0 atom stereocenters. The SMILES string of the molecule is CC1(c2ncc(CCl)cn2)CC1. The van der Waals surface area contributed by atoms with Crippen LogP contribution in [0.3, 0.4) is 0 Å². The first-order chi connectivity index (χ1) is 5.74. The predicted molar refractivity (Wildman–Crippen MR) is 48.2 cm³/mol. The van der Waals surface area contributed by atoms with Gasteiger partial charge in [0, 0.05) is 23.4 Å². The highest BCUT2D eigenvalue weighted by Crippen LogP contribution is 2.45. The number of hydrogen-bond donors (Lipinski definition) is 0. The van der Waals surface area contributed by atoms with Crippen molar-refractivity contribution in [3.05, 3.63) is 23.8 Å². The third-order valence-corrected chi connectivity index (χ3v) is 2.71. The summed E-state index contributed by atoms with van der Waals surface area (Å²) in [7, 11) is 0. The van der Waals surface area contributed by atoms with E-state index in [1.165, 1.54) is 12.8 Å². The van der Waals surface area contributed by atoms with Gasteiger partial charge in [0.2, 0.25) is 0 Å². The average molecular weight is 183 g/mol. The van der Waals surface area contributed by atoms with Gasteiger partial charge in [-0.25, -0.2) is 9.97 Å². The molecule has 2 rings (SSSR count). The van der Waals surface area contributed by atoms with Crippen LogP contribution in [0.4, 0.5) is 0 Å². The Kier molecular flexibility index (Phi) is 1.80. The van der Waals surface area contributed by atoms with E-state index in [1.807, 2.05) is 12.4 Å². The largest absolute Gasteiger partial charge is 0.240 e. The normalized spacial score (nSPS) is 19.2. The van der Waals surface area contributed by atoms with Crippen LogP contribution in [0.2, 0.25) is 0 Å². The molecule has 0 N–H and O–H groups in total. The molecule has 0 saturated heterocycles. The third kappa shape index (κ3) is 1.31. The lowest BCUT2D eigenvalue weighted by Gasteiger charge is -2.05. The molecule has 3 heteroatoms. The van der Waals surface area contributed by atoms with Crippen molar-refractivity contribution in [2.75, 3.05) is 0 Å². The van der Waals surface area contributed by atoms with Gasteiger partial charge in [-0.1, -0.05) is 6.92 Å². The van der Waals surface area contributed by atoms with Gasteiger partial charge in [-0.3, -0.25) is 0 Å². The molecule has 1 aromatic rings. The standard InChI is InChI=1S/C9H11ClN2/c1-9(2-3-9)8-11-5-7(4-10)6-12-8/h5-6H,2-4H2,1H3. The van der Waals surface area contributed by atoms with E-state index in [-0.39, 0.29) is 5.41 Å². The number of halogens is 1. The van der Waals surface area contributed by atoms with Gasteiger partial charge in [-0.15, -0.1) is 11.6 Å². The Hall–Kier alpha value is -0.630. The molecule has 0 aliphatic heterocycles. The van der Waals surface area contributed by atoms with Crippen molar-refractivity contribution in [2.45, 2.75) is 31.1 Å². The molecule has 0 aromatic carbocycles. The maximum absolute atomic E-state index is 5.63. The number of nitrogens with zero attached hydrogens (tertiary/aromatic N) is 2. The van der Waals surface area contributed by atoms with Gasteiger partial charge >= 0.3 is 0 Å². The van der Waals surface area contributed by atoms with Gasteiger partial charge in [-0.05, 0) is 12.8 Å². The molecule has 1 aromatic heterocycles. The Balaban J connectivity index is 2.25. The Morgan fingerprint density at radius 3 is 2.42 bits per heavy atom. The molecule has 0 unspecified atom stereocenters. The Labute approximate surface area is 77.0 Å². The van der Waals surface area contributed by atoms with E-state index in [1.54, 1.807) is 0 Å². The van der Waals surface area contributed by atoms with Crippen molar-refractivity contribution < 1.29 is 0 Å². The second kappa shape index (κ2) is 2.70. The lowest BCUT2D eigenvalue weighted by atomic mass is 10.1. The molecule has 0 amide bonds. The van der Waals surface area contributed by atoms with E-state index in [0.29, 0.717) is 5.88 Å². The van der Waals surface area contributed by atoms with Crippen molar-refractivity contribution in [1.29, 1.82) is 0 Å². The topological polar surface area (TPSA) is 25.8 Å². The molecule has 1 fully saturated rings. The fourth-order valence-electron chi connectivity index (χ4n) is 1.15. The van der Waals surface area contributed by atoms with Crippen molar-refractivity contribution >= 4 is 11.6 Å². The summed E-state index contributed by atoms with van der Waals surface area (Å²) in [6.07, 6.45) is 6.07. The first kappa shape index (κ1) is 7.99. The van der Waals surface area contributed by atoms with Crippen LogP contribution < -0.4 is 0 Å². The third-order valence-electron chi connectivity index (χ3n) is 2.40. The molecule has 0 radical (unpaired) electrons. The van der Waals surface area contributed by atoms with Gasteiger partial charge in [-0.2, -0.15) is 0 Å². The fraction of sp³-hybridized carbons (Fsp3) is 0.556. The second-order valence-corrected chi connectivity index (χ2v) is 3.88. The summed E-state index contributed by atoms with van der Waals surface area (Å²) in [6.45, 7) is 2.20. The zero-order valence-corrected chi connectivity index (χ0v) is 7.80. The maximum Gasteiger partial charge on any atom is 0.134 e. The minimum absolute atomic E-state index is 0.269. The zero-order valence-electron chi connectivity index (χ0n) is 7.05. The molecule has 1 saturated carbocycles. The summed E-state index contributed by atoms with van der Waals surface area (Å²) in [6, 6.07) is 0. The van der Waals surface area contributed by atoms with Gasteiger partial charge in [0.15, 0.2) is 0 Å². The molecule has 1 aliphatic carbocycles. The molecule has 0 spiro atoms. The minimum Gasteiger partial charge on any atom is -0.240 e. The van der Waals surface area contributed by atoms with Crippen molar-refractivity contribution in [2.24, 2.45) is 0 Å². The van der Waals surface area contributed by atoms with Gasteiger partial charge in [0.1, 0.15) is 5.82 Å². The summed E-state index contributed by atoms with van der Waals surface area (Å²) in [5.41, 5.74) is 1.26. The molecule has 1 aliphatic rings. The lowest BCUT2D eigenvalue weighted by Crippen LogP contribution is -2.06. The first-order valence-electron chi connectivity index (χ1n) is 4.12. The highest BCUT2D eigenvalue weighted by Gasteiger charge is 2.41. The molecule has 64 valence electrons. The highest BCUT2D eigenvalue weighted by molar-refractivity contribution is 6.17. The minimum atomic E-state index is 0.269. The Morgan fingerprint density at radius 2 is 2.00 bits per heavy atom. The van der Waals surface area contributed by atoms with Gasteiger partial charge in [0.05, 0.1) is 5.88 Å². The van der Waals surface area contributed by atoms with E-state index in [2.05, 4.69) is 16.9 Å². The van der Waals surface area contributed by atoms with Gasteiger partial charge in [0.25, 0.3) is 0 Å². The smallest absolute Gasteiger partial charge is 0.134 e. The maximum atomic E-state index is 5.63. The Morgan fingerprint density at radius 1 is 1.42 bits per heavy atom. The fourth-order valence-corrected chi connectivity index (χ4v) is 1.28. The first-order valence-corrected chi connectivity index (χ1v) is 4.65. The van der Waals surface area contributed by atoms with E-state index in [4.69, 9.17) is 11.6 Å². The summed E-state index contributed by atoms with van der Waals surface area (Å²) in [5, 5.41) is 0. The predicted octanol–water partition coefficient (Wildman–Crippen LogP) is 2.27. The molecule has 0 bridgehead atoms. The monoisotopic (exact) mass is 182 g/mol. The van der Waals surface area contributed by atoms with Crippen LogP contribution in [0.1, 0.15) is 31.2 Å². The summed E-state index contributed by atoms with van der Waals surface area (Å²) >= 11 is 5.63. The van der Waals surface area contributed by atoms with Crippen molar-refractivity contribution in [3.63, 3.8) is 0 Å². The zero-order chi connectivity index (χ0) is 8.60. The molecule has 1 heterocycles. The average Bonchev–Trinajstić information content (AvgIpc) is 2.85. The van der Waals surface area contributed by atoms with Crippen LogP contribution >= 0.6 is 11.6 Å². The number of aromatic nitrogens is 2. The quantitative estimate of drug-likeness (QED) is 0.656. The lowest BCUT2D eigenvalue weighted by molar-refractivity contribution is 0.706. The summed E-state index contributed by atoms with van der Waals surface area (Å²) in [4.78, 5) is 8.58.